The van der Waals surface area contributed by atoms with E-state index in [0.717, 1.165) is 11.3 Å². The molecule has 92 valence electrons. The lowest BCUT2D eigenvalue weighted by Gasteiger charge is -2.17. The summed E-state index contributed by atoms with van der Waals surface area (Å²) < 4.78 is 0. The summed E-state index contributed by atoms with van der Waals surface area (Å²) in [4.78, 5) is 4.00. The minimum Gasteiger partial charge on any atom is -0.356 e. The van der Waals surface area contributed by atoms with Crippen molar-refractivity contribution in [3.8, 4) is 0 Å². The van der Waals surface area contributed by atoms with Crippen LogP contribution in [0.3, 0.4) is 0 Å². The molecule has 0 fully saturated rings. The van der Waals surface area contributed by atoms with Gasteiger partial charge in [-0.2, -0.15) is 0 Å². The second-order valence-corrected chi connectivity index (χ2v) is 4.37. The van der Waals surface area contributed by atoms with E-state index in [9.17, 15) is 0 Å². The predicted molar refractivity (Wildman–Crippen MR) is 78.5 cm³/mol. The van der Waals surface area contributed by atoms with Crippen molar-refractivity contribution in [3.63, 3.8) is 0 Å². The third kappa shape index (κ3) is 3.53. The molecule has 18 heavy (non-hydrogen) atoms. The summed E-state index contributed by atoms with van der Waals surface area (Å²) in [5.41, 5.74) is 2.14. The maximum absolute atomic E-state index is 5.27. The lowest BCUT2D eigenvalue weighted by molar-refractivity contribution is 0.721. The molecule has 1 unspecified atom stereocenters. The number of aromatic nitrogens is 1. The van der Waals surface area contributed by atoms with Gasteiger partial charge in [-0.3, -0.25) is 4.98 Å². The van der Waals surface area contributed by atoms with Gasteiger partial charge in [0.2, 0.25) is 0 Å². The molecular formula is C14H15N3S. The number of thiocarbonyl (C=S) groups is 1. The standard InChI is InChI=1S/C14H15N3S/c1-11(12-7-9-15-10-8-12)16-14(18)17-13-5-3-2-4-6-13/h2-11H,1H3,(H2,16,17,18). The molecule has 1 atom stereocenters. The van der Waals surface area contributed by atoms with Crippen LogP contribution in [0.4, 0.5) is 5.69 Å². The van der Waals surface area contributed by atoms with E-state index in [0.29, 0.717) is 5.11 Å². The van der Waals surface area contributed by atoms with E-state index in [4.69, 9.17) is 12.2 Å². The first-order valence-corrected chi connectivity index (χ1v) is 6.19. The molecule has 1 aromatic heterocycles. The largest absolute Gasteiger partial charge is 0.356 e. The molecule has 3 nitrogen and oxygen atoms in total. The van der Waals surface area contributed by atoms with Gasteiger partial charge in [-0.15, -0.1) is 0 Å². The monoisotopic (exact) mass is 257 g/mol. The second kappa shape index (κ2) is 6.12. The Morgan fingerprint density at radius 2 is 1.78 bits per heavy atom. The maximum atomic E-state index is 5.27. The minimum absolute atomic E-state index is 0.150. The predicted octanol–water partition coefficient (Wildman–Crippen LogP) is 3.13. The van der Waals surface area contributed by atoms with E-state index >= 15 is 0 Å². The van der Waals surface area contributed by atoms with Gasteiger partial charge in [-0.1, -0.05) is 18.2 Å². The Hall–Kier alpha value is -1.94. The highest BCUT2D eigenvalue weighted by Gasteiger charge is 2.06. The first kappa shape index (κ1) is 12.5. The highest BCUT2D eigenvalue weighted by atomic mass is 32.1. The summed E-state index contributed by atoms with van der Waals surface area (Å²) in [6.45, 7) is 2.06. The molecule has 1 heterocycles. The average Bonchev–Trinajstić information content (AvgIpc) is 2.40. The summed E-state index contributed by atoms with van der Waals surface area (Å²) in [6.07, 6.45) is 3.56. The number of anilines is 1. The van der Waals surface area contributed by atoms with Crippen LogP contribution in [0.1, 0.15) is 18.5 Å². The van der Waals surface area contributed by atoms with Gasteiger partial charge in [0.15, 0.2) is 5.11 Å². The van der Waals surface area contributed by atoms with Crippen molar-refractivity contribution >= 4 is 23.0 Å². The van der Waals surface area contributed by atoms with Crippen LogP contribution in [0, 0.1) is 0 Å². The highest BCUT2D eigenvalue weighted by molar-refractivity contribution is 7.80. The zero-order chi connectivity index (χ0) is 12.8. The van der Waals surface area contributed by atoms with Gasteiger partial charge in [0.25, 0.3) is 0 Å². The summed E-state index contributed by atoms with van der Waals surface area (Å²) in [7, 11) is 0. The van der Waals surface area contributed by atoms with Crippen molar-refractivity contribution < 1.29 is 0 Å². The van der Waals surface area contributed by atoms with Gasteiger partial charge in [-0.05, 0) is 49.0 Å². The molecule has 4 heteroatoms. The molecule has 0 radical (unpaired) electrons. The topological polar surface area (TPSA) is 37.0 Å². The van der Waals surface area contributed by atoms with Gasteiger partial charge >= 0.3 is 0 Å². The van der Waals surface area contributed by atoms with Gasteiger partial charge < -0.3 is 10.6 Å². The van der Waals surface area contributed by atoms with Crippen LogP contribution in [0.5, 0.6) is 0 Å². The molecule has 0 amide bonds. The highest BCUT2D eigenvalue weighted by Crippen LogP contribution is 2.11. The van der Waals surface area contributed by atoms with E-state index in [1.54, 1.807) is 12.4 Å². The normalized spacial score (nSPS) is 11.6. The lowest BCUT2D eigenvalue weighted by Crippen LogP contribution is -2.30. The molecule has 0 saturated heterocycles. The number of hydrogen-bond donors (Lipinski definition) is 2. The summed E-state index contributed by atoms with van der Waals surface area (Å²) in [6, 6.07) is 14.0. The first-order valence-electron chi connectivity index (χ1n) is 5.78. The minimum atomic E-state index is 0.150. The molecule has 1 aromatic carbocycles. The molecule has 2 rings (SSSR count). The van der Waals surface area contributed by atoms with E-state index in [1.807, 2.05) is 42.5 Å². The number of nitrogens with one attached hydrogen (secondary N) is 2. The molecule has 0 saturated carbocycles. The molecule has 0 aliphatic rings. The van der Waals surface area contributed by atoms with Crippen LogP contribution in [0.25, 0.3) is 0 Å². The number of hydrogen-bond acceptors (Lipinski definition) is 2. The van der Waals surface area contributed by atoms with E-state index in [1.165, 1.54) is 0 Å². The molecule has 0 bridgehead atoms. The lowest BCUT2D eigenvalue weighted by atomic mass is 10.1. The van der Waals surface area contributed by atoms with Crippen LogP contribution >= 0.6 is 12.2 Å². The SMILES string of the molecule is CC(NC(=S)Nc1ccccc1)c1ccncc1. The zero-order valence-electron chi connectivity index (χ0n) is 10.1. The molecule has 2 N–H and O–H groups in total. The Labute approximate surface area is 112 Å². The van der Waals surface area contributed by atoms with Crippen LogP contribution in [-0.4, -0.2) is 10.1 Å². The van der Waals surface area contributed by atoms with Crippen molar-refractivity contribution in [2.24, 2.45) is 0 Å². The summed E-state index contributed by atoms with van der Waals surface area (Å²) in [5, 5.41) is 7.00. The van der Waals surface area contributed by atoms with Gasteiger partial charge in [0.05, 0.1) is 6.04 Å². The van der Waals surface area contributed by atoms with Gasteiger partial charge in [0.1, 0.15) is 0 Å². The average molecular weight is 257 g/mol. The van der Waals surface area contributed by atoms with Gasteiger partial charge in [-0.25, -0.2) is 0 Å². The molecule has 2 aromatic rings. The fraction of sp³-hybridized carbons (Fsp3) is 0.143. The summed E-state index contributed by atoms with van der Waals surface area (Å²) >= 11 is 5.27. The number of pyridine rings is 1. The second-order valence-electron chi connectivity index (χ2n) is 3.97. The summed E-state index contributed by atoms with van der Waals surface area (Å²) in [5.74, 6) is 0. The van der Waals surface area contributed by atoms with E-state index < -0.39 is 0 Å². The van der Waals surface area contributed by atoms with Crippen LogP contribution < -0.4 is 10.6 Å². The maximum Gasteiger partial charge on any atom is 0.171 e. The van der Waals surface area contributed by atoms with Crippen molar-refractivity contribution in [3.05, 3.63) is 60.4 Å². The number of benzene rings is 1. The van der Waals surface area contributed by atoms with Crippen molar-refractivity contribution in [1.29, 1.82) is 0 Å². The van der Waals surface area contributed by atoms with Crippen LogP contribution in [0.15, 0.2) is 54.9 Å². The molecule has 0 spiro atoms. The Bertz CT molecular complexity index is 499. The number of rotatable bonds is 3. The third-order valence-corrected chi connectivity index (χ3v) is 2.81. The van der Waals surface area contributed by atoms with Crippen LogP contribution in [0.2, 0.25) is 0 Å². The molecular weight excluding hydrogens is 242 g/mol. The van der Waals surface area contributed by atoms with Crippen molar-refractivity contribution in [1.82, 2.24) is 10.3 Å². The Balaban J connectivity index is 1.92. The Kier molecular flexibility index (Phi) is 4.25. The number of para-hydroxylation sites is 1. The third-order valence-electron chi connectivity index (χ3n) is 2.59. The Morgan fingerprint density at radius 1 is 1.11 bits per heavy atom. The van der Waals surface area contributed by atoms with Crippen molar-refractivity contribution in [2.75, 3.05) is 5.32 Å². The first-order chi connectivity index (χ1) is 8.75. The fourth-order valence-corrected chi connectivity index (χ4v) is 1.92. The van der Waals surface area contributed by atoms with E-state index in [-0.39, 0.29) is 6.04 Å². The Morgan fingerprint density at radius 3 is 2.44 bits per heavy atom. The zero-order valence-corrected chi connectivity index (χ0v) is 10.9. The van der Waals surface area contributed by atoms with Gasteiger partial charge in [0, 0.05) is 18.1 Å². The molecule has 0 aliphatic heterocycles. The van der Waals surface area contributed by atoms with E-state index in [2.05, 4.69) is 22.5 Å². The smallest absolute Gasteiger partial charge is 0.171 e. The number of nitrogens with zero attached hydrogens (tertiary/aromatic N) is 1. The molecule has 0 aliphatic carbocycles. The van der Waals surface area contributed by atoms with Crippen molar-refractivity contribution in [2.45, 2.75) is 13.0 Å². The van der Waals surface area contributed by atoms with Crippen LogP contribution in [-0.2, 0) is 0 Å². The quantitative estimate of drug-likeness (QED) is 0.828. The fourth-order valence-electron chi connectivity index (χ4n) is 1.62.